The van der Waals surface area contributed by atoms with Crippen molar-refractivity contribution in [1.82, 2.24) is 4.90 Å². The second-order valence-corrected chi connectivity index (χ2v) is 5.41. The van der Waals surface area contributed by atoms with Crippen molar-refractivity contribution in [2.75, 3.05) is 26.7 Å². The molecule has 1 rings (SSSR count). The first kappa shape index (κ1) is 13.9. The molecule has 0 bridgehead atoms. The van der Waals surface area contributed by atoms with Gasteiger partial charge in [0.1, 0.15) is 0 Å². The largest absolute Gasteiger partial charge is 0.389 e. The molecule has 1 aliphatic rings. The van der Waals surface area contributed by atoms with Crippen LogP contribution < -0.4 is 0 Å². The van der Waals surface area contributed by atoms with Crippen LogP contribution in [0.1, 0.15) is 39.5 Å². The number of hydrogen-bond donors (Lipinski definition) is 1. The van der Waals surface area contributed by atoms with Crippen LogP contribution in [0.15, 0.2) is 0 Å². The summed E-state index contributed by atoms with van der Waals surface area (Å²) in [6.07, 6.45) is 5.35. The minimum absolute atomic E-state index is 0.204. The highest BCUT2D eigenvalue weighted by Gasteiger charge is 2.18. The summed E-state index contributed by atoms with van der Waals surface area (Å²) < 4.78 is 5.40. The summed E-state index contributed by atoms with van der Waals surface area (Å²) in [5, 5.41) is 9.78. The normalized spacial score (nSPS) is 19.9. The van der Waals surface area contributed by atoms with E-state index in [1.165, 1.54) is 25.7 Å². The minimum Gasteiger partial charge on any atom is -0.389 e. The summed E-state index contributed by atoms with van der Waals surface area (Å²) in [5.41, 5.74) is 0. The number of nitrogens with zero attached hydrogens (tertiary/aromatic N) is 1. The zero-order chi connectivity index (χ0) is 12.0. The van der Waals surface area contributed by atoms with E-state index in [1.54, 1.807) is 0 Å². The second kappa shape index (κ2) is 7.25. The van der Waals surface area contributed by atoms with Crippen LogP contribution in [0.2, 0.25) is 0 Å². The molecule has 96 valence electrons. The zero-order valence-electron chi connectivity index (χ0n) is 11.0. The molecule has 0 saturated heterocycles. The second-order valence-electron chi connectivity index (χ2n) is 5.41. The van der Waals surface area contributed by atoms with E-state index in [1.807, 2.05) is 13.8 Å². The number of ether oxygens (including phenoxy) is 1. The van der Waals surface area contributed by atoms with Crippen molar-refractivity contribution in [3.8, 4) is 0 Å². The van der Waals surface area contributed by atoms with Gasteiger partial charge in [-0.1, -0.05) is 12.8 Å². The first-order chi connectivity index (χ1) is 7.58. The van der Waals surface area contributed by atoms with Crippen molar-refractivity contribution < 1.29 is 9.84 Å². The maximum atomic E-state index is 9.78. The lowest BCUT2D eigenvalue weighted by atomic mass is 10.1. The van der Waals surface area contributed by atoms with E-state index >= 15 is 0 Å². The third kappa shape index (κ3) is 5.83. The molecule has 0 amide bonds. The van der Waals surface area contributed by atoms with Crippen LogP contribution in [-0.4, -0.2) is 49.0 Å². The molecule has 1 unspecified atom stereocenters. The smallest absolute Gasteiger partial charge is 0.0900 e. The minimum atomic E-state index is -0.353. The van der Waals surface area contributed by atoms with Gasteiger partial charge in [-0.2, -0.15) is 0 Å². The molecule has 1 fully saturated rings. The fraction of sp³-hybridized carbons (Fsp3) is 1.00. The Morgan fingerprint density at radius 2 is 1.94 bits per heavy atom. The van der Waals surface area contributed by atoms with Crippen LogP contribution in [0.5, 0.6) is 0 Å². The fourth-order valence-corrected chi connectivity index (χ4v) is 2.42. The lowest BCUT2D eigenvalue weighted by Gasteiger charge is -2.23. The quantitative estimate of drug-likeness (QED) is 0.723. The van der Waals surface area contributed by atoms with E-state index in [9.17, 15) is 5.11 Å². The lowest BCUT2D eigenvalue weighted by molar-refractivity contribution is -0.00684. The maximum Gasteiger partial charge on any atom is 0.0900 e. The van der Waals surface area contributed by atoms with Gasteiger partial charge in [-0.25, -0.2) is 0 Å². The van der Waals surface area contributed by atoms with Gasteiger partial charge in [0.05, 0.1) is 18.8 Å². The molecule has 0 aromatic rings. The molecule has 1 N–H and O–H groups in total. The third-order valence-corrected chi connectivity index (χ3v) is 3.19. The molecule has 0 heterocycles. The summed E-state index contributed by atoms with van der Waals surface area (Å²) in [4.78, 5) is 2.24. The van der Waals surface area contributed by atoms with Gasteiger partial charge in [-0.05, 0) is 39.7 Å². The Bertz CT molecular complexity index is 179. The van der Waals surface area contributed by atoms with Crippen molar-refractivity contribution in [3.05, 3.63) is 0 Å². The van der Waals surface area contributed by atoms with Crippen molar-refractivity contribution in [2.24, 2.45) is 5.92 Å². The molecular formula is C13H27NO2. The molecule has 1 aliphatic carbocycles. The van der Waals surface area contributed by atoms with Crippen LogP contribution in [0.25, 0.3) is 0 Å². The Labute approximate surface area is 99.8 Å². The highest BCUT2D eigenvalue weighted by atomic mass is 16.5. The molecule has 1 saturated carbocycles. The molecule has 16 heavy (non-hydrogen) atoms. The van der Waals surface area contributed by atoms with Crippen LogP contribution >= 0.6 is 0 Å². The summed E-state index contributed by atoms with van der Waals surface area (Å²) in [5.74, 6) is 0.850. The summed E-state index contributed by atoms with van der Waals surface area (Å²) in [6.45, 7) is 6.29. The van der Waals surface area contributed by atoms with Crippen molar-refractivity contribution >= 4 is 0 Å². The van der Waals surface area contributed by atoms with Crippen LogP contribution in [-0.2, 0) is 4.74 Å². The number of hydrogen-bond acceptors (Lipinski definition) is 3. The Kier molecular flexibility index (Phi) is 6.32. The summed E-state index contributed by atoms with van der Waals surface area (Å²) in [7, 11) is 2.09. The average Bonchev–Trinajstić information content (AvgIpc) is 2.67. The first-order valence-electron chi connectivity index (χ1n) is 6.56. The molecule has 1 atom stereocenters. The molecule has 3 heteroatoms. The monoisotopic (exact) mass is 229 g/mol. The highest BCUT2D eigenvalue weighted by Crippen LogP contribution is 2.25. The average molecular weight is 229 g/mol. The molecule has 0 aromatic carbocycles. The third-order valence-electron chi connectivity index (χ3n) is 3.19. The Morgan fingerprint density at radius 1 is 1.31 bits per heavy atom. The molecule has 0 spiro atoms. The van der Waals surface area contributed by atoms with Crippen molar-refractivity contribution in [2.45, 2.75) is 51.7 Å². The topological polar surface area (TPSA) is 32.7 Å². The van der Waals surface area contributed by atoms with Gasteiger partial charge in [0.25, 0.3) is 0 Å². The van der Waals surface area contributed by atoms with E-state index in [-0.39, 0.29) is 12.2 Å². The predicted molar refractivity (Wildman–Crippen MR) is 66.5 cm³/mol. The maximum absolute atomic E-state index is 9.78. The van der Waals surface area contributed by atoms with E-state index in [0.717, 1.165) is 19.0 Å². The SMILES string of the molecule is CC(C)OCC(O)CN(C)CC1CCCC1. The number of aliphatic hydroxyl groups is 1. The summed E-state index contributed by atoms with van der Waals surface area (Å²) in [6, 6.07) is 0. The molecule has 3 nitrogen and oxygen atoms in total. The van der Waals surface area contributed by atoms with Crippen LogP contribution in [0, 0.1) is 5.92 Å². The Hall–Kier alpha value is -0.120. The van der Waals surface area contributed by atoms with E-state index in [4.69, 9.17) is 4.74 Å². The van der Waals surface area contributed by atoms with Gasteiger partial charge >= 0.3 is 0 Å². The van der Waals surface area contributed by atoms with Gasteiger partial charge in [-0.3, -0.25) is 0 Å². The molecule has 0 aromatic heterocycles. The van der Waals surface area contributed by atoms with E-state index in [0.29, 0.717) is 6.61 Å². The first-order valence-corrected chi connectivity index (χ1v) is 6.56. The van der Waals surface area contributed by atoms with Crippen LogP contribution in [0.3, 0.4) is 0 Å². The number of rotatable bonds is 7. The van der Waals surface area contributed by atoms with Gasteiger partial charge < -0.3 is 14.7 Å². The number of likely N-dealkylation sites (N-methyl/N-ethyl adjacent to an activating group) is 1. The van der Waals surface area contributed by atoms with Gasteiger partial charge in [0.15, 0.2) is 0 Å². The Morgan fingerprint density at radius 3 is 2.50 bits per heavy atom. The predicted octanol–water partition coefficient (Wildman–Crippen LogP) is 1.89. The standard InChI is InChI=1S/C13H27NO2/c1-11(2)16-10-13(15)9-14(3)8-12-6-4-5-7-12/h11-13,15H,4-10H2,1-3H3. The molecular weight excluding hydrogens is 202 g/mol. The zero-order valence-corrected chi connectivity index (χ0v) is 11.0. The van der Waals surface area contributed by atoms with Gasteiger partial charge in [0, 0.05) is 13.1 Å². The van der Waals surface area contributed by atoms with E-state index in [2.05, 4.69) is 11.9 Å². The number of aliphatic hydroxyl groups excluding tert-OH is 1. The molecule has 0 aliphatic heterocycles. The Balaban J connectivity index is 2.09. The highest BCUT2D eigenvalue weighted by molar-refractivity contribution is 4.71. The van der Waals surface area contributed by atoms with Gasteiger partial charge in [-0.15, -0.1) is 0 Å². The van der Waals surface area contributed by atoms with Crippen molar-refractivity contribution in [3.63, 3.8) is 0 Å². The fourth-order valence-electron chi connectivity index (χ4n) is 2.42. The lowest BCUT2D eigenvalue weighted by Crippen LogP contribution is -2.35. The van der Waals surface area contributed by atoms with Crippen molar-refractivity contribution in [1.29, 1.82) is 0 Å². The van der Waals surface area contributed by atoms with Crippen LogP contribution in [0.4, 0.5) is 0 Å². The van der Waals surface area contributed by atoms with Gasteiger partial charge in [0.2, 0.25) is 0 Å². The molecule has 0 radical (unpaired) electrons. The summed E-state index contributed by atoms with van der Waals surface area (Å²) >= 11 is 0. The van der Waals surface area contributed by atoms with E-state index < -0.39 is 0 Å².